The van der Waals surface area contributed by atoms with Gasteiger partial charge in [0.2, 0.25) is 5.75 Å². The van der Waals surface area contributed by atoms with Crippen molar-refractivity contribution in [2.75, 3.05) is 37.0 Å². The molecule has 0 amide bonds. The van der Waals surface area contributed by atoms with Crippen molar-refractivity contribution in [3.8, 4) is 5.75 Å². The third kappa shape index (κ3) is 2.16. The number of ether oxygens (including phenoxy) is 1. The molecule has 2 aliphatic heterocycles. The summed E-state index contributed by atoms with van der Waals surface area (Å²) in [4.78, 5) is 10.7. The van der Waals surface area contributed by atoms with Crippen LogP contribution in [0.5, 0.6) is 5.75 Å². The Hall–Kier alpha value is -1.70. The zero-order valence-corrected chi connectivity index (χ0v) is 12.4. The molecule has 1 aromatic heterocycles. The molecule has 0 aromatic carbocycles. The van der Waals surface area contributed by atoms with Gasteiger partial charge >= 0.3 is 0 Å². The van der Waals surface area contributed by atoms with Crippen LogP contribution in [0.15, 0.2) is 6.33 Å². The second-order valence-corrected chi connectivity index (χ2v) is 6.50. The molecule has 0 radical (unpaired) electrons. The Morgan fingerprint density at radius 3 is 2.91 bits per heavy atom. The minimum atomic E-state index is -2.60. The van der Waals surface area contributed by atoms with E-state index in [0.717, 1.165) is 25.3 Å². The molecule has 1 spiro atoms. The summed E-state index contributed by atoms with van der Waals surface area (Å²) in [5.41, 5.74) is -0.680. The third-order valence-corrected chi connectivity index (χ3v) is 4.75. The Labute approximate surface area is 127 Å². The second-order valence-electron chi connectivity index (χ2n) is 6.50. The van der Waals surface area contributed by atoms with E-state index in [1.165, 1.54) is 6.33 Å². The van der Waals surface area contributed by atoms with Gasteiger partial charge in [0.05, 0.1) is 5.54 Å². The highest BCUT2D eigenvalue weighted by molar-refractivity contribution is 5.67. The number of rotatable bonds is 2. The minimum Gasteiger partial charge on any atom is -0.484 e. The smallest absolute Gasteiger partial charge is 0.252 e. The van der Waals surface area contributed by atoms with Gasteiger partial charge in [-0.15, -0.1) is 0 Å². The highest BCUT2D eigenvalue weighted by Gasteiger charge is 2.59. The van der Waals surface area contributed by atoms with E-state index in [2.05, 4.69) is 25.5 Å². The predicted octanol–water partition coefficient (Wildman–Crippen LogP) is 1.25. The summed E-state index contributed by atoms with van der Waals surface area (Å²) >= 11 is 0. The van der Waals surface area contributed by atoms with Crippen molar-refractivity contribution in [1.82, 2.24) is 15.3 Å². The topological polar surface area (TPSA) is 62.3 Å². The van der Waals surface area contributed by atoms with Crippen LogP contribution in [0, 0.1) is 0 Å². The van der Waals surface area contributed by atoms with E-state index in [4.69, 9.17) is 4.74 Å². The Kier molecular flexibility index (Phi) is 2.94. The number of hydrogen-bond acceptors (Lipinski definition) is 6. The molecule has 0 unspecified atom stereocenters. The monoisotopic (exact) mass is 311 g/mol. The van der Waals surface area contributed by atoms with Gasteiger partial charge < -0.3 is 20.3 Å². The molecule has 120 valence electrons. The van der Waals surface area contributed by atoms with Crippen molar-refractivity contribution in [1.29, 1.82) is 0 Å². The lowest BCUT2D eigenvalue weighted by Crippen LogP contribution is -2.61. The van der Waals surface area contributed by atoms with Crippen LogP contribution in [0.3, 0.4) is 0 Å². The predicted molar refractivity (Wildman–Crippen MR) is 77.7 cm³/mol. The number of likely N-dealkylation sites (N-methyl/N-ethyl adjacent to an activating group) is 1. The summed E-state index contributed by atoms with van der Waals surface area (Å²) in [6, 6.07) is 0.429. The number of fused-ring (bicyclic) bond motifs is 1. The van der Waals surface area contributed by atoms with Gasteiger partial charge in [0.1, 0.15) is 12.9 Å². The number of aromatic nitrogens is 2. The van der Waals surface area contributed by atoms with E-state index >= 15 is 0 Å². The van der Waals surface area contributed by atoms with Crippen LogP contribution in [0.4, 0.5) is 20.4 Å². The molecule has 3 aliphatic rings. The van der Waals surface area contributed by atoms with Crippen LogP contribution >= 0.6 is 0 Å². The fraction of sp³-hybridized carbons (Fsp3) is 0.714. The van der Waals surface area contributed by atoms with Crippen LogP contribution in [0.2, 0.25) is 0 Å². The normalized spacial score (nSPS) is 27.8. The molecule has 8 heteroatoms. The van der Waals surface area contributed by atoms with Gasteiger partial charge in [-0.1, -0.05) is 0 Å². The third-order valence-electron chi connectivity index (χ3n) is 4.75. The van der Waals surface area contributed by atoms with Gasteiger partial charge in [-0.3, -0.25) is 0 Å². The fourth-order valence-electron chi connectivity index (χ4n) is 3.63. The number of nitrogens with zero attached hydrogens (tertiary/aromatic N) is 3. The van der Waals surface area contributed by atoms with Gasteiger partial charge in [0.15, 0.2) is 11.6 Å². The summed E-state index contributed by atoms with van der Waals surface area (Å²) < 4.78 is 32.2. The lowest BCUT2D eigenvalue weighted by atomic mass is 9.73. The molecular formula is C14H19F2N5O. The first kappa shape index (κ1) is 13.9. The maximum Gasteiger partial charge on any atom is 0.252 e. The molecule has 1 saturated carbocycles. The maximum atomic E-state index is 13.2. The Balaban J connectivity index is 1.57. The van der Waals surface area contributed by atoms with Crippen molar-refractivity contribution in [2.24, 2.45) is 0 Å². The molecule has 22 heavy (non-hydrogen) atoms. The highest BCUT2D eigenvalue weighted by Crippen LogP contribution is 2.51. The second kappa shape index (κ2) is 4.65. The van der Waals surface area contributed by atoms with E-state index in [-0.39, 0.29) is 19.4 Å². The van der Waals surface area contributed by atoms with Crippen LogP contribution in [-0.4, -0.2) is 54.2 Å². The van der Waals surface area contributed by atoms with Crippen molar-refractivity contribution < 1.29 is 13.5 Å². The number of nitrogens with one attached hydrogen (secondary N) is 2. The van der Waals surface area contributed by atoms with Gasteiger partial charge in [-0.05, 0) is 13.5 Å². The van der Waals surface area contributed by atoms with Gasteiger partial charge in [0, 0.05) is 32.0 Å². The summed E-state index contributed by atoms with van der Waals surface area (Å²) in [5, 5.41) is 6.42. The standard InChI is InChI=1S/C14H19F2N5O/c1-17-9-2-3-21(4-9)12-10-11(18-8-19-12)20-13(7-22-10)5-14(15,16)6-13/h8-9,17H,2-7H2,1H3,(H,18,19,20)/t9-/m1/s1. The average Bonchev–Trinajstić information content (AvgIpc) is 2.93. The van der Waals surface area contributed by atoms with Crippen molar-refractivity contribution in [3.63, 3.8) is 0 Å². The van der Waals surface area contributed by atoms with E-state index in [1.807, 2.05) is 7.05 Å². The Morgan fingerprint density at radius 1 is 1.41 bits per heavy atom. The summed E-state index contributed by atoms with van der Waals surface area (Å²) in [6.07, 6.45) is 2.10. The summed E-state index contributed by atoms with van der Waals surface area (Å²) in [5.74, 6) is -0.741. The first-order valence-electron chi connectivity index (χ1n) is 7.56. The van der Waals surface area contributed by atoms with E-state index in [0.29, 0.717) is 17.6 Å². The Morgan fingerprint density at radius 2 is 2.23 bits per heavy atom. The quantitative estimate of drug-likeness (QED) is 0.857. The molecular weight excluding hydrogens is 292 g/mol. The lowest BCUT2D eigenvalue weighted by Gasteiger charge is -2.49. The first-order chi connectivity index (χ1) is 10.5. The molecule has 2 fully saturated rings. The van der Waals surface area contributed by atoms with Crippen LogP contribution in [-0.2, 0) is 0 Å². The largest absolute Gasteiger partial charge is 0.484 e. The van der Waals surface area contributed by atoms with E-state index < -0.39 is 11.5 Å². The van der Waals surface area contributed by atoms with E-state index in [9.17, 15) is 8.78 Å². The molecule has 6 nitrogen and oxygen atoms in total. The van der Waals surface area contributed by atoms with Crippen molar-refractivity contribution >= 4 is 11.6 Å². The first-order valence-corrected chi connectivity index (χ1v) is 7.56. The summed E-state index contributed by atoms with van der Waals surface area (Å²) in [7, 11) is 1.95. The van der Waals surface area contributed by atoms with Crippen molar-refractivity contribution in [3.05, 3.63) is 6.33 Å². The molecule has 0 bridgehead atoms. The molecule has 1 aliphatic carbocycles. The lowest BCUT2D eigenvalue weighted by molar-refractivity contribution is -0.126. The average molecular weight is 311 g/mol. The van der Waals surface area contributed by atoms with Crippen LogP contribution in [0.1, 0.15) is 19.3 Å². The number of halogens is 2. The fourth-order valence-corrected chi connectivity index (χ4v) is 3.63. The highest BCUT2D eigenvalue weighted by atomic mass is 19.3. The summed E-state index contributed by atoms with van der Waals surface area (Å²) in [6.45, 7) is 1.98. The van der Waals surface area contributed by atoms with Crippen molar-refractivity contribution in [2.45, 2.75) is 36.8 Å². The zero-order chi connectivity index (χ0) is 15.4. The number of hydrogen-bond donors (Lipinski definition) is 2. The molecule has 1 saturated heterocycles. The minimum absolute atomic E-state index is 0.204. The molecule has 3 heterocycles. The maximum absolute atomic E-state index is 13.2. The van der Waals surface area contributed by atoms with E-state index in [1.54, 1.807) is 0 Å². The van der Waals surface area contributed by atoms with Gasteiger partial charge in [0.25, 0.3) is 5.92 Å². The van der Waals surface area contributed by atoms with Crippen LogP contribution in [0.25, 0.3) is 0 Å². The SMILES string of the molecule is CN[C@@H]1CCN(c2ncnc3c2OCC2(CC(F)(F)C2)N3)C1. The molecule has 4 rings (SSSR count). The molecule has 2 N–H and O–H groups in total. The van der Waals surface area contributed by atoms with Gasteiger partial charge in [-0.2, -0.15) is 0 Å². The zero-order valence-electron chi connectivity index (χ0n) is 12.4. The molecule has 1 aromatic rings. The van der Waals surface area contributed by atoms with Gasteiger partial charge in [-0.25, -0.2) is 18.7 Å². The van der Waals surface area contributed by atoms with Crippen LogP contribution < -0.4 is 20.3 Å². The Bertz CT molecular complexity index is 589. The molecule has 1 atom stereocenters. The number of anilines is 2. The number of alkyl halides is 2.